The number of rotatable bonds is 5. The highest BCUT2D eigenvalue weighted by Gasteiger charge is 2.31. The van der Waals surface area contributed by atoms with E-state index in [1.54, 1.807) is 6.07 Å². The zero-order chi connectivity index (χ0) is 13.3. The van der Waals surface area contributed by atoms with Gasteiger partial charge >= 0.3 is 0 Å². The first kappa shape index (κ1) is 13.8. The van der Waals surface area contributed by atoms with Gasteiger partial charge in [-0.2, -0.15) is 0 Å². The highest BCUT2D eigenvalue weighted by Crippen LogP contribution is 2.29. The number of carbonyl (C=O) groups is 1. The first-order valence-electron chi connectivity index (χ1n) is 5.74. The Balaban J connectivity index is 2.05. The van der Waals surface area contributed by atoms with Gasteiger partial charge in [-0.15, -0.1) is 11.3 Å². The molecule has 0 N–H and O–H groups in total. The van der Waals surface area contributed by atoms with E-state index in [1.807, 2.05) is 11.8 Å². The molecule has 1 fully saturated rings. The Kier molecular flexibility index (Phi) is 3.99. The summed E-state index contributed by atoms with van der Waals surface area (Å²) in [6, 6.07) is 3.49. The van der Waals surface area contributed by atoms with Crippen molar-refractivity contribution in [1.82, 2.24) is 4.90 Å². The van der Waals surface area contributed by atoms with E-state index in [-0.39, 0.29) is 16.5 Å². The van der Waals surface area contributed by atoms with Gasteiger partial charge in [-0.05, 0) is 31.9 Å². The van der Waals surface area contributed by atoms with Gasteiger partial charge in [-0.3, -0.25) is 4.79 Å². The van der Waals surface area contributed by atoms with Crippen molar-refractivity contribution in [2.24, 2.45) is 0 Å². The summed E-state index contributed by atoms with van der Waals surface area (Å²) < 4.78 is 22.3. The zero-order valence-electron chi connectivity index (χ0n) is 9.93. The first-order chi connectivity index (χ1) is 8.41. The highest BCUT2D eigenvalue weighted by atomic mass is 35.7. The number of hydrogen-bond donors (Lipinski definition) is 0. The zero-order valence-corrected chi connectivity index (χ0v) is 12.3. The van der Waals surface area contributed by atoms with Crippen LogP contribution in [0.2, 0.25) is 0 Å². The second-order valence-electron chi connectivity index (χ2n) is 4.25. The molecule has 0 atom stereocenters. The van der Waals surface area contributed by atoms with Crippen molar-refractivity contribution >= 4 is 37.0 Å². The molecule has 1 heterocycles. The molecule has 0 saturated heterocycles. The van der Waals surface area contributed by atoms with Crippen LogP contribution >= 0.6 is 22.0 Å². The molecular formula is C11H14ClNO3S2. The van der Waals surface area contributed by atoms with Gasteiger partial charge in [0.05, 0.1) is 6.42 Å². The molecule has 1 aromatic rings. The van der Waals surface area contributed by atoms with Gasteiger partial charge < -0.3 is 4.90 Å². The maximum absolute atomic E-state index is 12.0. The molecule has 4 nitrogen and oxygen atoms in total. The Bertz CT molecular complexity index is 548. The summed E-state index contributed by atoms with van der Waals surface area (Å²) in [4.78, 5) is 14.6. The van der Waals surface area contributed by atoms with E-state index < -0.39 is 9.05 Å². The smallest absolute Gasteiger partial charge is 0.270 e. The van der Waals surface area contributed by atoms with Gasteiger partial charge in [0.2, 0.25) is 5.91 Å². The Morgan fingerprint density at radius 1 is 1.50 bits per heavy atom. The summed E-state index contributed by atoms with van der Waals surface area (Å²) in [5, 5.41) is 0. The number of thiophene rings is 1. The van der Waals surface area contributed by atoms with Crippen molar-refractivity contribution in [3.05, 3.63) is 17.0 Å². The van der Waals surface area contributed by atoms with Gasteiger partial charge in [-0.1, -0.05) is 0 Å². The second-order valence-corrected chi connectivity index (χ2v) is 8.21. The third-order valence-electron chi connectivity index (χ3n) is 2.85. The quantitative estimate of drug-likeness (QED) is 0.784. The van der Waals surface area contributed by atoms with E-state index in [4.69, 9.17) is 10.7 Å². The molecule has 1 saturated carbocycles. The topological polar surface area (TPSA) is 54.5 Å². The lowest BCUT2D eigenvalue weighted by molar-refractivity contribution is -0.130. The van der Waals surface area contributed by atoms with Crippen LogP contribution in [0, 0.1) is 0 Å². The summed E-state index contributed by atoms with van der Waals surface area (Å²) in [6.45, 7) is 2.66. The van der Waals surface area contributed by atoms with Crippen LogP contribution in [0.15, 0.2) is 16.3 Å². The Morgan fingerprint density at radius 3 is 2.61 bits per heavy atom. The van der Waals surface area contributed by atoms with Crippen molar-refractivity contribution in [3.63, 3.8) is 0 Å². The van der Waals surface area contributed by atoms with Gasteiger partial charge in [0.15, 0.2) is 0 Å². The minimum Gasteiger partial charge on any atom is -0.340 e. The third-order valence-corrected chi connectivity index (χ3v) is 6.03. The van der Waals surface area contributed by atoms with E-state index in [9.17, 15) is 13.2 Å². The molecule has 1 aromatic heterocycles. The number of nitrogens with zero attached hydrogens (tertiary/aromatic N) is 1. The van der Waals surface area contributed by atoms with Crippen LogP contribution in [0.1, 0.15) is 24.6 Å². The SMILES string of the molecule is CCN(C(=O)Cc1ccc(S(=O)(=O)Cl)s1)C1CC1. The molecule has 0 bridgehead atoms. The minimum atomic E-state index is -3.68. The molecule has 18 heavy (non-hydrogen) atoms. The van der Waals surface area contributed by atoms with Gasteiger partial charge in [0.1, 0.15) is 4.21 Å². The summed E-state index contributed by atoms with van der Waals surface area (Å²) >= 11 is 1.06. The summed E-state index contributed by atoms with van der Waals surface area (Å²) in [5.41, 5.74) is 0. The molecule has 0 aliphatic heterocycles. The lowest BCUT2D eigenvalue weighted by Gasteiger charge is -2.19. The predicted molar refractivity (Wildman–Crippen MR) is 71.5 cm³/mol. The van der Waals surface area contributed by atoms with E-state index in [0.29, 0.717) is 12.6 Å². The lowest BCUT2D eigenvalue weighted by atomic mass is 10.3. The van der Waals surface area contributed by atoms with Gasteiger partial charge in [0, 0.05) is 28.1 Å². The molecule has 1 aliphatic rings. The fourth-order valence-corrected chi connectivity index (χ4v) is 3.97. The normalized spacial score (nSPS) is 15.7. The predicted octanol–water partition coefficient (Wildman–Crippen LogP) is 2.23. The maximum atomic E-state index is 12.0. The van der Waals surface area contributed by atoms with Crippen LogP contribution in [0.3, 0.4) is 0 Å². The van der Waals surface area contributed by atoms with E-state index in [2.05, 4.69) is 0 Å². The molecule has 0 unspecified atom stereocenters. The number of hydrogen-bond acceptors (Lipinski definition) is 4. The highest BCUT2D eigenvalue weighted by molar-refractivity contribution is 8.15. The standard InChI is InChI=1S/C11H14ClNO3S2/c1-2-13(8-3-4-8)10(14)7-9-5-6-11(17-9)18(12,15)16/h5-6,8H,2-4,7H2,1H3. The number of amides is 1. The molecule has 0 aromatic carbocycles. The van der Waals surface area contributed by atoms with Crippen LogP contribution in [0.4, 0.5) is 0 Å². The lowest BCUT2D eigenvalue weighted by Crippen LogP contribution is -2.33. The van der Waals surface area contributed by atoms with Crippen LogP contribution < -0.4 is 0 Å². The van der Waals surface area contributed by atoms with E-state index >= 15 is 0 Å². The summed E-state index contributed by atoms with van der Waals surface area (Å²) in [5.74, 6) is 0.0559. The molecule has 100 valence electrons. The van der Waals surface area contributed by atoms with Crippen LogP contribution in [-0.4, -0.2) is 31.8 Å². The Labute approximate surface area is 115 Å². The molecule has 0 radical (unpaired) electrons. The monoisotopic (exact) mass is 307 g/mol. The first-order valence-corrected chi connectivity index (χ1v) is 8.87. The van der Waals surface area contributed by atoms with Gasteiger partial charge in [-0.25, -0.2) is 8.42 Å². The van der Waals surface area contributed by atoms with E-state index in [1.165, 1.54) is 6.07 Å². The fraction of sp³-hybridized carbons (Fsp3) is 0.545. The largest absolute Gasteiger partial charge is 0.340 e. The fourth-order valence-electron chi connectivity index (χ4n) is 1.86. The van der Waals surface area contributed by atoms with Crippen LogP contribution in [0.25, 0.3) is 0 Å². The van der Waals surface area contributed by atoms with Crippen LogP contribution in [-0.2, 0) is 20.3 Å². The maximum Gasteiger partial charge on any atom is 0.270 e. The van der Waals surface area contributed by atoms with Crippen molar-refractivity contribution in [2.45, 2.75) is 36.4 Å². The molecule has 7 heteroatoms. The summed E-state index contributed by atoms with van der Waals surface area (Å²) in [7, 11) is 1.56. The molecular weight excluding hydrogens is 294 g/mol. The summed E-state index contributed by atoms with van der Waals surface area (Å²) in [6.07, 6.45) is 2.40. The Hall–Kier alpha value is -0.590. The molecule has 2 rings (SSSR count). The number of likely N-dealkylation sites (N-methyl/N-ethyl adjacent to an activating group) is 1. The van der Waals surface area contributed by atoms with Crippen LogP contribution in [0.5, 0.6) is 0 Å². The van der Waals surface area contributed by atoms with E-state index in [0.717, 1.165) is 29.1 Å². The van der Waals surface area contributed by atoms with Crippen molar-refractivity contribution < 1.29 is 13.2 Å². The third kappa shape index (κ3) is 3.24. The van der Waals surface area contributed by atoms with Crippen molar-refractivity contribution in [2.75, 3.05) is 6.54 Å². The second kappa shape index (κ2) is 5.19. The minimum absolute atomic E-state index is 0.0559. The van der Waals surface area contributed by atoms with Gasteiger partial charge in [0.25, 0.3) is 9.05 Å². The molecule has 1 amide bonds. The molecule has 1 aliphatic carbocycles. The average Bonchev–Trinajstić information content (AvgIpc) is 2.97. The Morgan fingerprint density at radius 2 is 2.17 bits per heavy atom. The van der Waals surface area contributed by atoms with Crippen molar-refractivity contribution in [3.8, 4) is 0 Å². The van der Waals surface area contributed by atoms with Crippen molar-refractivity contribution in [1.29, 1.82) is 0 Å². The number of halogens is 1. The molecule has 0 spiro atoms. The average molecular weight is 308 g/mol. The number of carbonyl (C=O) groups excluding carboxylic acids is 1.